The lowest BCUT2D eigenvalue weighted by Gasteiger charge is -2.37. The zero-order chi connectivity index (χ0) is 22.5. The molecule has 4 rings (SSSR count). The fourth-order valence-electron chi connectivity index (χ4n) is 5.86. The van der Waals surface area contributed by atoms with Crippen molar-refractivity contribution in [3.8, 4) is 0 Å². The third kappa shape index (κ3) is 3.10. The van der Waals surface area contributed by atoms with Crippen molar-refractivity contribution in [2.45, 2.75) is 42.7 Å². The first-order valence-electron chi connectivity index (χ1n) is 10.6. The maximum absolute atomic E-state index is 14.1. The number of hydrogen-bond acceptors (Lipinski definition) is 5. The van der Waals surface area contributed by atoms with Gasteiger partial charge in [0.2, 0.25) is 5.91 Å². The van der Waals surface area contributed by atoms with Gasteiger partial charge in [-0.15, -0.1) is 18.3 Å². The Morgan fingerprint density at radius 1 is 1.35 bits per heavy atom. The van der Waals surface area contributed by atoms with Gasteiger partial charge in [-0.3, -0.25) is 14.4 Å². The Labute approximate surface area is 186 Å². The molecule has 0 saturated carbocycles. The summed E-state index contributed by atoms with van der Waals surface area (Å²) < 4.78 is -0.771. The topological polar surface area (TPSA) is 98.2 Å². The van der Waals surface area contributed by atoms with Gasteiger partial charge in [0.15, 0.2) is 0 Å². The third-order valence-electron chi connectivity index (χ3n) is 6.95. The van der Waals surface area contributed by atoms with E-state index >= 15 is 0 Å². The maximum atomic E-state index is 14.1. The second-order valence-electron chi connectivity index (χ2n) is 8.63. The first kappa shape index (κ1) is 21.9. The Bertz CT molecular complexity index is 930. The molecule has 3 saturated heterocycles. The SMILES string of the molecule is C=CCN(C(=O)C1N(CCO)C(=O)[C@@H]2[C@H](C(=O)O)[C@@H]3CCC12S3)c1c(C)cccc1C. The van der Waals surface area contributed by atoms with Crippen LogP contribution in [0.2, 0.25) is 0 Å². The molecular formula is C23H28N2O5S. The molecular weight excluding hydrogens is 416 g/mol. The highest BCUT2D eigenvalue weighted by Gasteiger charge is 2.74. The molecule has 3 heterocycles. The molecule has 3 aliphatic heterocycles. The molecule has 0 radical (unpaired) electrons. The minimum Gasteiger partial charge on any atom is -0.481 e. The zero-order valence-electron chi connectivity index (χ0n) is 17.8. The van der Waals surface area contributed by atoms with Crippen molar-refractivity contribution in [2.24, 2.45) is 11.8 Å². The number of hydrogen-bond donors (Lipinski definition) is 2. The summed E-state index contributed by atoms with van der Waals surface area (Å²) >= 11 is 1.50. The third-order valence-corrected chi connectivity index (χ3v) is 8.90. The molecule has 0 aliphatic carbocycles. The van der Waals surface area contributed by atoms with E-state index in [1.165, 1.54) is 16.7 Å². The molecule has 31 heavy (non-hydrogen) atoms. The van der Waals surface area contributed by atoms with Crippen LogP contribution in [0.15, 0.2) is 30.9 Å². The van der Waals surface area contributed by atoms with Crippen LogP contribution >= 0.6 is 11.8 Å². The van der Waals surface area contributed by atoms with Crippen molar-refractivity contribution in [2.75, 3.05) is 24.6 Å². The van der Waals surface area contributed by atoms with Gasteiger partial charge < -0.3 is 20.0 Å². The number of carboxylic acids is 1. The number of carbonyl (C=O) groups excluding carboxylic acids is 2. The Balaban J connectivity index is 1.82. The van der Waals surface area contributed by atoms with Crippen LogP contribution in [-0.2, 0) is 14.4 Å². The number of fused-ring (bicyclic) bond motifs is 1. The number of amides is 2. The molecule has 3 aliphatic rings. The van der Waals surface area contributed by atoms with Gasteiger partial charge in [0.25, 0.3) is 5.91 Å². The summed E-state index contributed by atoms with van der Waals surface area (Å²) in [4.78, 5) is 42.6. The van der Waals surface area contributed by atoms with Crippen LogP contribution in [0.1, 0.15) is 24.0 Å². The number of anilines is 1. The van der Waals surface area contributed by atoms with Crippen LogP contribution in [-0.4, -0.2) is 68.6 Å². The van der Waals surface area contributed by atoms with E-state index < -0.39 is 28.6 Å². The molecule has 1 aromatic rings. The first-order chi connectivity index (χ1) is 14.8. The number of carbonyl (C=O) groups is 3. The number of nitrogens with zero attached hydrogens (tertiary/aromatic N) is 2. The number of aliphatic carboxylic acids is 1. The van der Waals surface area contributed by atoms with Gasteiger partial charge in [-0.25, -0.2) is 0 Å². The van der Waals surface area contributed by atoms with E-state index in [2.05, 4.69) is 6.58 Å². The van der Waals surface area contributed by atoms with Crippen molar-refractivity contribution >= 4 is 35.2 Å². The molecule has 8 heteroatoms. The highest BCUT2D eigenvalue weighted by molar-refractivity contribution is 8.02. The number of likely N-dealkylation sites (tertiary alicyclic amines) is 1. The van der Waals surface area contributed by atoms with Gasteiger partial charge in [-0.2, -0.15) is 0 Å². The number of β-amino-alcohol motifs (C(OH)–C–C–N with tert-alkyl or cyclic N) is 1. The number of aliphatic hydroxyl groups excluding tert-OH is 1. The van der Waals surface area contributed by atoms with Gasteiger partial charge in [0, 0.05) is 24.0 Å². The Morgan fingerprint density at radius 3 is 2.61 bits per heavy atom. The van der Waals surface area contributed by atoms with Gasteiger partial charge in [-0.05, 0) is 37.8 Å². The second kappa shape index (κ2) is 7.98. The van der Waals surface area contributed by atoms with Crippen molar-refractivity contribution in [1.82, 2.24) is 4.90 Å². The van der Waals surface area contributed by atoms with Crippen LogP contribution in [0, 0.1) is 25.7 Å². The highest BCUT2D eigenvalue weighted by atomic mass is 32.2. The molecule has 2 bridgehead atoms. The molecule has 5 atom stereocenters. The summed E-state index contributed by atoms with van der Waals surface area (Å²) in [7, 11) is 0. The number of benzene rings is 1. The second-order valence-corrected chi connectivity index (χ2v) is 10.2. The summed E-state index contributed by atoms with van der Waals surface area (Å²) in [6, 6.07) is 5.00. The van der Waals surface area contributed by atoms with Crippen LogP contribution in [0.5, 0.6) is 0 Å². The van der Waals surface area contributed by atoms with Gasteiger partial charge in [0.05, 0.1) is 23.2 Å². The molecule has 7 nitrogen and oxygen atoms in total. The Morgan fingerprint density at radius 2 is 2.03 bits per heavy atom. The summed E-state index contributed by atoms with van der Waals surface area (Å²) in [5.41, 5.74) is 2.67. The highest BCUT2D eigenvalue weighted by Crippen LogP contribution is 2.66. The van der Waals surface area contributed by atoms with E-state index in [9.17, 15) is 24.6 Å². The van der Waals surface area contributed by atoms with E-state index in [-0.39, 0.29) is 36.8 Å². The van der Waals surface area contributed by atoms with Crippen molar-refractivity contribution in [3.05, 3.63) is 42.0 Å². The minimum absolute atomic E-state index is 0.0136. The van der Waals surface area contributed by atoms with Crippen LogP contribution in [0.4, 0.5) is 5.69 Å². The predicted molar refractivity (Wildman–Crippen MR) is 119 cm³/mol. The molecule has 166 valence electrons. The summed E-state index contributed by atoms with van der Waals surface area (Å²) in [6.07, 6.45) is 2.95. The lowest BCUT2D eigenvalue weighted by atomic mass is 9.71. The number of para-hydroxylation sites is 1. The standard InChI is InChI=1S/C23H28N2O5S/c1-4-10-24(18-13(2)6-5-7-14(18)3)21(28)19-23-9-8-15(31-23)16(22(29)30)17(23)20(27)25(19)11-12-26/h4-7,15-17,19,26H,1,8-12H2,2-3H3,(H,29,30)/t15-,16+,17-,19?,23?/m0/s1. The fourth-order valence-corrected chi connectivity index (χ4v) is 8.07. The quantitative estimate of drug-likeness (QED) is 0.624. The largest absolute Gasteiger partial charge is 0.481 e. The maximum Gasteiger partial charge on any atom is 0.308 e. The van der Waals surface area contributed by atoms with Gasteiger partial charge in [-0.1, -0.05) is 24.3 Å². The first-order valence-corrected chi connectivity index (χ1v) is 11.5. The lowest BCUT2D eigenvalue weighted by molar-refractivity contribution is -0.148. The van der Waals surface area contributed by atoms with Crippen LogP contribution in [0.25, 0.3) is 0 Å². The molecule has 3 fully saturated rings. The van der Waals surface area contributed by atoms with Crippen molar-refractivity contribution in [3.63, 3.8) is 0 Å². The van der Waals surface area contributed by atoms with Crippen LogP contribution in [0.3, 0.4) is 0 Å². The van der Waals surface area contributed by atoms with Crippen molar-refractivity contribution < 1.29 is 24.6 Å². The molecule has 2 unspecified atom stereocenters. The smallest absolute Gasteiger partial charge is 0.308 e. The summed E-state index contributed by atoms with van der Waals surface area (Å²) in [5.74, 6) is -3.07. The molecule has 1 spiro atoms. The van der Waals surface area contributed by atoms with E-state index in [4.69, 9.17) is 0 Å². The average Bonchev–Trinajstić information content (AvgIpc) is 3.35. The van der Waals surface area contributed by atoms with Gasteiger partial charge in [0.1, 0.15) is 6.04 Å². The lowest BCUT2D eigenvalue weighted by Crippen LogP contribution is -2.55. The van der Waals surface area contributed by atoms with E-state index in [1.54, 1.807) is 11.0 Å². The van der Waals surface area contributed by atoms with Gasteiger partial charge >= 0.3 is 5.97 Å². The minimum atomic E-state index is -0.979. The Kier molecular flexibility index (Phi) is 5.64. The summed E-state index contributed by atoms with van der Waals surface area (Å²) in [6.45, 7) is 7.70. The van der Waals surface area contributed by atoms with E-state index in [0.29, 0.717) is 12.8 Å². The van der Waals surface area contributed by atoms with E-state index in [0.717, 1.165) is 16.8 Å². The number of aliphatic hydroxyl groups is 1. The number of carboxylic acid groups (broad SMARTS) is 1. The molecule has 2 amide bonds. The zero-order valence-corrected chi connectivity index (χ0v) is 18.6. The van der Waals surface area contributed by atoms with E-state index in [1.807, 2.05) is 32.0 Å². The predicted octanol–water partition coefficient (Wildman–Crippen LogP) is 1.99. The number of aryl methyl sites for hydroxylation is 2. The monoisotopic (exact) mass is 444 g/mol. The Hall–Kier alpha value is -2.32. The molecule has 0 aromatic heterocycles. The van der Waals surface area contributed by atoms with Crippen molar-refractivity contribution in [1.29, 1.82) is 0 Å². The number of thioether (sulfide) groups is 1. The number of rotatable bonds is 7. The molecule has 2 N–H and O–H groups in total. The average molecular weight is 445 g/mol. The summed E-state index contributed by atoms with van der Waals surface area (Å²) in [5, 5.41) is 19.3. The van der Waals surface area contributed by atoms with Crippen LogP contribution < -0.4 is 4.90 Å². The molecule has 1 aromatic carbocycles. The normalized spacial score (nSPS) is 31.1. The fraction of sp³-hybridized carbons (Fsp3) is 0.522.